The summed E-state index contributed by atoms with van der Waals surface area (Å²) in [6.07, 6.45) is 0. The van der Waals surface area contributed by atoms with E-state index in [1.165, 1.54) is 18.2 Å². The molecule has 1 aliphatic rings. The number of carbonyl (C=O) groups is 2. The van der Waals surface area contributed by atoms with E-state index in [4.69, 9.17) is 0 Å². The number of phenols is 2. The molecule has 2 aromatic rings. The fraction of sp³-hybridized carbons (Fsp3) is 0. The smallest absolute Gasteiger partial charge is 0.316 e. The van der Waals surface area contributed by atoms with Crippen molar-refractivity contribution in [1.29, 1.82) is 0 Å². The van der Waals surface area contributed by atoms with Gasteiger partial charge >= 0.3 is 23.1 Å². The first-order valence-corrected chi connectivity index (χ1v) is 5.34. The number of carbonyl (C=O) groups excluding carboxylic acids is 2. The second-order valence-electron chi connectivity index (χ2n) is 4.06. The molecule has 0 saturated heterocycles. The average Bonchev–Trinajstić information content (AvgIpc) is 2.39. The van der Waals surface area contributed by atoms with Crippen molar-refractivity contribution in [2.24, 2.45) is 0 Å². The highest BCUT2D eigenvalue weighted by atomic mass is 24.3. The summed E-state index contributed by atoms with van der Waals surface area (Å²) < 4.78 is 0. The Kier molecular flexibility index (Phi) is 3.34. The lowest BCUT2D eigenvalue weighted by Gasteiger charge is -2.18. The van der Waals surface area contributed by atoms with Gasteiger partial charge in [-0.3, -0.25) is 9.59 Å². The first-order valence-electron chi connectivity index (χ1n) is 5.34. The molecule has 5 heteroatoms. The van der Waals surface area contributed by atoms with E-state index in [0.29, 0.717) is 5.56 Å². The standard InChI is InChI=1S/C14H8O4.Mg.2H/c15-10-6-5-9-11(14(10)18)13(17)8-4-2-1-3-7(8)12(9)16;;;/h1-6,15,18H;;;. The molecule has 0 bridgehead atoms. The summed E-state index contributed by atoms with van der Waals surface area (Å²) in [6.45, 7) is 0. The molecule has 0 atom stereocenters. The maximum absolute atomic E-state index is 12.2. The van der Waals surface area contributed by atoms with Gasteiger partial charge in [-0.05, 0) is 12.1 Å². The monoisotopic (exact) mass is 266 g/mol. The maximum atomic E-state index is 12.2. The lowest BCUT2D eigenvalue weighted by molar-refractivity contribution is 0.0976. The maximum Gasteiger partial charge on any atom is 0.316 e. The fourth-order valence-corrected chi connectivity index (χ4v) is 2.16. The van der Waals surface area contributed by atoms with Crippen LogP contribution in [-0.4, -0.2) is 44.8 Å². The van der Waals surface area contributed by atoms with Crippen LogP contribution in [0.4, 0.5) is 0 Å². The number of benzene rings is 2. The molecule has 19 heavy (non-hydrogen) atoms. The van der Waals surface area contributed by atoms with Gasteiger partial charge in [-0.1, -0.05) is 24.3 Å². The van der Waals surface area contributed by atoms with Crippen LogP contribution in [0, 0.1) is 0 Å². The van der Waals surface area contributed by atoms with E-state index in [2.05, 4.69) is 0 Å². The van der Waals surface area contributed by atoms with E-state index in [9.17, 15) is 19.8 Å². The van der Waals surface area contributed by atoms with Crippen molar-refractivity contribution in [3.05, 3.63) is 58.7 Å². The second kappa shape index (κ2) is 4.68. The molecular formula is C14H10MgO4. The molecule has 92 valence electrons. The Hall–Kier alpha value is -1.85. The number of aromatic hydroxyl groups is 2. The van der Waals surface area contributed by atoms with E-state index in [1.54, 1.807) is 18.2 Å². The summed E-state index contributed by atoms with van der Waals surface area (Å²) >= 11 is 0. The zero-order valence-electron chi connectivity index (χ0n) is 9.18. The highest BCUT2D eigenvalue weighted by Gasteiger charge is 2.32. The lowest BCUT2D eigenvalue weighted by atomic mass is 9.83. The minimum Gasteiger partial charge on any atom is -0.504 e. The zero-order chi connectivity index (χ0) is 12.9. The van der Waals surface area contributed by atoms with Crippen LogP contribution >= 0.6 is 0 Å². The summed E-state index contributed by atoms with van der Waals surface area (Å²) in [6, 6.07) is 8.97. The Balaban J connectivity index is 0.00000133. The molecule has 3 rings (SSSR count). The molecule has 0 saturated carbocycles. The van der Waals surface area contributed by atoms with E-state index < -0.39 is 17.3 Å². The number of ketones is 2. The number of rotatable bonds is 0. The van der Waals surface area contributed by atoms with Gasteiger partial charge in [0.25, 0.3) is 0 Å². The normalized spacial score (nSPS) is 12.4. The van der Waals surface area contributed by atoms with Crippen LogP contribution in [0.5, 0.6) is 11.5 Å². The minimum atomic E-state index is -0.541. The van der Waals surface area contributed by atoms with Gasteiger partial charge in [0, 0.05) is 16.7 Å². The molecule has 2 N–H and O–H groups in total. The molecule has 0 amide bonds. The third-order valence-electron chi connectivity index (χ3n) is 3.04. The van der Waals surface area contributed by atoms with Gasteiger partial charge in [0.05, 0.1) is 5.56 Å². The molecule has 0 aliphatic heterocycles. The average molecular weight is 267 g/mol. The van der Waals surface area contributed by atoms with Crippen molar-refractivity contribution in [1.82, 2.24) is 0 Å². The Bertz CT molecular complexity index is 707. The predicted molar refractivity (Wildman–Crippen MR) is 71.6 cm³/mol. The van der Waals surface area contributed by atoms with Crippen LogP contribution in [-0.2, 0) is 0 Å². The molecule has 2 aromatic carbocycles. The molecule has 0 radical (unpaired) electrons. The van der Waals surface area contributed by atoms with Crippen LogP contribution in [0.3, 0.4) is 0 Å². The summed E-state index contributed by atoms with van der Waals surface area (Å²) in [5.74, 6) is -1.72. The van der Waals surface area contributed by atoms with Crippen LogP contribution in [0.15, 0.2) is 36.4 Å². The number of fused-ring (bicyclic) bond motifs is 2. The van der Waals surface area contributed by atoms with Gasteiger partial charge < -0.3 is 10.2 Å². The van der Waals surface area contributed by atoms with Crippen molar-refractivity contribution < 1.29 is 19.8 Å². The number of phenolic OH excluding ortho intramolecular Hbond substituents is 2. The van der Waals surface area contributed by atoms with Crippen molar-refractivity contribution in [3.8, 4) is 11.5 Å². The van der Waals surface area contributed by atoms with E-state index in [0.717, 1.165) is 0 Å². The zero-order valence-corrected chi connectivity index (χ0v) is 9.18. The molecule has 0 spiro atoms. The summed E-state index contributed by atoms with van der Waals surface area (Å²) in [5, 5.41) is 19.1. The summed E-state index contributed by atoms with van der Waals surface area (Å²) in [7, 11) is 0. The highest BCUT2D eigenvalue weighted by Crippen LogP contribution is 2.37. The molecular weight excluding hydrogens is 256 g/mol. The summed E-state index contributed by atoms with van der Waals surface area (Å²) in [5.41, 5.74) is 0.559. The van der Waals surface area contributed by atoms with Gasteiger partial charge in [-0.2, -0.15) is 0 Å². The summed E-state index contributed by atoms with van der Waals surface area (Å²) in [4.78, 5) is 24.4. The minimum absolute atomic E-state index is 0. The van der Waals surface area contributed by atoms with E-state index in [-0.39, 0.29) is 45.5 Å². The van der Waals surface area contributed by atoms with E-state index in [1.807, 2.05) is 0 Å². The van der Waals surface area contributed by atoms with Crippen LogP contribution in [0.25, 0.3) is 0 Å². The van der Waals surface area contributed by atoms with E-state index >= 15 is 0 Å². The SMILES string of the molecule is O=C1c2ccccc2C(=O)c2c1ccc(O)c2O.[MgH2]. The van der Waals surface area contributed by atoms with Gasteiger partial charge in [0.2, 0.25) is 0 Å². The predicted octanol–water partition coefficient (Wildman–Crippen LogP) is 0.957. The molecule has 1 aliphatic carbocycles. The lowest BCUT2D eigenvalue weighted by Crippen LogP contribution is -2.20. The van der Waals surface area contributed by atoms with Crippen LogP contribution in [0.1, 0.15) is 31.8 Å². The van der Waals surface area contributed by atoms with Crippen molar-refractivity contribution >= 4 is 34.6 Å². The Labute approximate surface area is 124 Å². The first-order chi connectivity index (χ1) is 8.61. The van der Waals surface area contributed by atoms with Crippen molar-refractivity contribution in [3.63, 3.8) is 0 Å². The van der Waals surface area contributed by atoms with Gasteiger partial charge in [0.1, 0.15) is 0 Å². The highest BCUT2D eigenvalue weighted by molar-refractivity contribution is 6.29. The van der Waals surface area contributed by atoms with Crippen molar-refractivity contribution in [2.75, 3.05) is 0 Å². The molecule has 0 unspecified atom stereocenters. The van der Waals surface area contributed by atoms with Crippen LogP contribution in [0.2, 0.25) is 0 Å². The fourth-order valence-electron chi connectivity index (χ4n) is 2.16. The molecule has 4 nitrogen and oxygen atoms in total. The Morgan fingerprint density at radius 1 is 0.737 bits per heavy atom. The molecule has 0 heterocycles. The Morgan fingerprint density at radius 3 is 1.95 bits per heavy atom. The third-order valence-corrected chi connectivity index (χ3v) is 3.04. The number of hydrogen-bond acceptors (Lipinski definition) is 4. The van der Waals surface area contributed by atoms with Gasteiger partial charge in [0.15, 0.2) is 23.1 Å². The largest absolute Gasteiger partial charge is 0.504 e. The van der Waals surface area contributed by atoms with Crippen molar-refractivity contribution in [2.45, 2.75) is 0 Å². The quantitative estimate of drug-likeness (QED) is 0.469. The number of hydrogen-bond donors (Lipinski definition) is 2. The second-order valence-corrected chi connectivity index (χ2v) is 4.06. The van der Waals surface area contributed by atoms with Gasteiger partial charge in [-0.25, -0.2) is 0 Å². The topological polar surface area (TPSA) is 74.6 Å². The van der Waals surface area contributed by atoms with Crippen LogP contribution < -0.4 is 0 Å². The van der Waals surface area contributed by atoms with Gasteiger partial charge in [-0.15, -0.1) is 0 Å². The third kappa shape index (κ3) is 1.82. The first kappa shape index (κ1) is 13.6. The Morgan fingerprint density at radius 2 is 1.32 bits per heavy atom. The molecule has 0 aromatic heterocycles. The molecule has 0 fully saturated rings.